The lowest BCUT2D eigenvalue weighted by Crippen LogP contribution is -2.44. The van der Waals surface area contributed by atoms with Gasteiger partial charge in [0.1, 0.15) is 17.5 Å². The minimum absolute atomic E-state index is 0.0527. The molecular weight excluding hydrogens is 377 g/mol. The van der Waals surface area contributed by atoms with Gasteiger partial charge < -0.3 is 14.5 Å². The van der Waals surface area contributed by atoms with E-state index in [2.05, 4.69) is 5.32 Å². The van der Waals surface area contributed by atoms with E-state index in [0.717, 1.165) is 0 Å². The van der Waals surface area contributed by atoms with Crippen LogP contribution in [0, 0.1) is 11.7 Å². The maximum Gasteiger partial charge on any atom is 0.317 e. The van der Waals surface area contributed by atoms with Crippen molar-refractivity contribution in [2.24, 2.45) is 5.92 Å². The third-order valence-electron chi connectivity index (χ3n) is 5.45. The molecule has 7 heteroatoms. The van der Waals surface area contributed by atoms with Crippen LogP contribution >= 0.6 is 0 Å². The van der Waals surface area contributed by atoms with E-state index in [9.17, 15) is 18.8 Å². The zero-order valence-corrected chi connectivity index (χ0v) is 15.8. The molecule has 6 nitrogen and oxygen atoms in total. The Hall–Kier alpha value is -3.22. The fourth-order valence-electron chi connectivity index (χ4n) is 4.20. The first-order valence-corrected chi connectivity index (χ1v) is 9.52. The average molecular weight is 397 g/mol. The summed E-state index contributed by atoms with van der Waals surface area (Å²) in [4.78, 5) is 38.6. The molecule has 2 heterocycles. The Morgan fingerprint density at radius 3 is 2.62 bits per heavy atom. The maximum absolute atomic E-state index is 13.5. The second-order valence-electron chi connectivity index (χ2n) is 7.17. The van der Waals surface area contributed by atoms with Gasteiger partial charge in [0, 0.05) is 29.5 Å². The molecule has 29 heavy (non-hydrogen) atoms. The predicted octanol–water partition coefficient (Wildman–Crippen LogP) is 3.21. The van der Waals surface area contributed by atoms with Crippen molar-refractivity contribution in [3.05, 3.63) is 71.1 Å². The molecule has 0 saturated carbocycles. The van der Waals surface area contributed by atoms with Crippen LogP contribution in [-0.4, -0.2) is 24.3 Å². The smallest absolute Gasteiger partial charge is 0.317 e. The van der Waals surface area contributed by atoms with E-state index in [-0.39, 0.29) is 31.1 Å². The van der Waals surface area contributed by atoms with E-state index >= 15 is 0 Å². The fourth-order valence-corrected chi connectivity index (χ4v) is 4.20. The number of furan rings is 1. The number of nitrogens with one attached hydrogen (secondary N) is 1. The summed E-state index contributed by atoms with van der Waals surface area (Å²) in [6.45, 7) is 1.83. The van der Waals surface area contributed by atoms with E-state index < -0.39 is 29.5 Å². The van der Waals surface area contributed by atoms with Gasteiger partial charge in [0.15, 0.2) is 5.78 Å². The van der Waals surface area contributed by atoms with Crippen molar-refractivity contribution in [2.75, 3.05) is 6.61 Å². The van der Waals surface area contributed by atoms with Crippen LogP contribution < -0.4 is 5.32 Å². The highest BCUT2D eigenvalue weighted by Crippen LogP contribution is 2.45. The van der Waals surface area contributed by atoms with Crippen LogP contribution in [0.15, 0.2) is 58.3 Å². The lowest BCUT2D eigenvalue weighted by molar-refractivity contribution is -0.152. The predicted molar refractivity (Wildman–Crippen MR) is 100 cm³/mol. The van der Waals surface area contributed by atoms with Crippen LogP contribution in [0.5, 0.6) is 0 Å². The largest absolute Gasteiger partial charge is 0.469 e. The Kier molecular flexibility index (Phi) is 5.05. The van der Waals surface area contributed by atoms with Gasteiger partial charge in [-0.2, -0.15) is 0 Å². The summed E-state index contributed by atoms with van der Waals surface area (Å²) >= 11 is 0. The Balaban J connectivity index is 1.80. The first kappa shape index (κ1) is 19.1. The molecule has 0 spiro atoms. The molecule has 2 aliphatic rings. The molecule has 4 rings (SSSR count). The number of hydrogen-bond acceptors (Lipinski definition) is 5. The third-order valence-corrected chi connectivity index (χ3v) is 5.45. The molecule has 1 aromatic heterocycles. The zero-order valence-electron chi connectivity index (χ0n) is 15.8. The first-order valence-electron chi connectivity index (χ1n) is 9.52. The van der Waals surface area contributed by atoms with E-state index in [1.54, 1.807) is 31.2 Å². The topological polar surface area (TPSA) is 85.6 Å². The van der Waals surface area contributed by atoms with Gasteiger partial charge in [-0.15, -0.1) is 0 Å². The second kappa shape index (κ2) is 7.66. The molecule has 1 N–H and O–H groups in total. The summed E-state index contributed by atoms with van der Waals surface area (Å²) in [5, 5.41) is 2.80. The number of carbonyl (C=O) groups excluding carboxylic acids is 3. The quantitative estimate of drug-likeness (QED) is 0.633. The Morgan fingerprint density at radius 1 is 1.21 bits per heavy atom. The summed E-state index contributed by atoms with van der Waals surface area (Å²) in [7, 11) is 0. The molecule has 0 bridgehead atoms. The lowest BCUT2D eigenvalue weighted by Gasteiger charge is -2.37. The second-order valence-corrected chi connectivity index (χ2v) is 7.17. The van der Waals surface area contributed by atoms with E-state index in [1.165, 1.54) is 18.4 Å². The van der Waals surface area contributed by atoms with E-state index in [4.69, 9.17) is 9.15 Å². The van der Waals surface area contributed by atoms with Crippen LogP contribution in [0.4, 0.5) is 4.39 Å². The van der Waals surface area contributed by atoms with Crippen LogP contribution in [0.2, 0.25) is 0 Å². The normalized spacial score (nSPS) is 24.1. The highest BCUT2D eigenvalue weighted by Gasteiger charge is 2.48. The van der Waals surface area contributed by atoms with Crippen LogP contribution in [-0.2, 0) is 19.1 Å². The summed E-state index contributed by atoms with van der Waals surface area (Å²) < 4.78 is 24.0. The number of benzene rings is 1. The van der Waals surface area contributed by atoms with Gasteiger partial charge in [0.2, 0.25) is 5.91 Å². The molecule has 0 radical (unpaired) electrons. The number of Topliss-reactive ketones (excluding diaryl/α,β-unsaturated/α-hetero) is 1. The molecule has 1 aromatic carbocycles. The number of halogens is 1. The molecule has 0 fully saturated rings. The minimum Gasteiger partial charge on any atom is -0.469 e. The van der Waals surface area contributed by atoms with Gasteiger partial charge in [0.05, 0.1) is 12.9 Å². The Morgan fingerprint density at radius 2 is 1.97 bits per heavy atom. The van der Waals surface area contributed by atoms with Gasteiger partial charge in [0.25, 0.3) is 0 Å². The number of rotatable bonds is 4. The zero-order chi connectivity index (χ0) is 20.5. The molecule has 3 atom stereocenters. The summed E-state index contributed by atoms with van der Waals surface area (Å²) in [5.74, 6) is -3.30. The Bertz CT molecular complexity index is 977. The van der Waals surface area contributed by atoms with Gasteiger partial charge in [-0.05, 0) is 43.2 Å². The average Bonchev–Trinajstić information content (AvgIpc) is 3.22. The number of hydrogen-bond donors (Lipinski definition) is 1. The molecule has 1 amide bonds. The van der Waals surface area contributed by atoms with Crippen molar-refractivity contribution in [2.45, 2.75) is 31.6 Å². The van der Waals surface area contributed by atoms with Crippen molar-refractivity contribution < 1.29 is 27.9 Å². The van der Waals surface area contributed by atoms with Crippen molar-refractivity contribution in [1.82, 2.24) is 5.32 Å². The van der Waals surface area contributed by atoms with Gasteiger partial charge in [-0.1, -0.05) is 12.1 Å². The van der Waals surface area contributed by atoms with E-state index in [1.807, 2.05) is 0 Å². The molecule has 2 aromatic rings. The van der Waals surface area contributed by atoms with E-state index in [0.29, 0.717) is 22.6 Å². The standard InChI is InChI=1S/C22H20FNO5/c1-2-28-22(27)20-15(17-4-3-9-29-17)10-16-19(21(20)26)14(11-18(25)24-16)12-5-7-13(23)8-6-12/h3-9,14-15,20H,2,10-11H2,1H3,(H,24,25)/t14-,15+,20+/m0/s1. The molecule has 1 aliphatic heterocycles. The molecular formula is C22H20FNO5. The molecule has 150 valence electrons. The summed E-state index contributed by atoms with van der Waals surface area (Å²) in [6, 6.07) is 9.11. The molecule has 0 unspecified atom stereocenters. The maximum atomic E-state index is 13.5. The third kappa shape index (κ3) is 3.48. The van der Waals surface area contributed by atoms with Gasteiger partial charge in [-0.3, -0.25) is 14.4 Å². The number of amides is 1. The number of ketones is 1. The number of carbonyl (C=O) groups is 3. The summed E-state index contributed by atoms with van der Waals surface area (Å²) in [5.41, 5.74) is 1.53. The number of allylic oxidation sites excluding steroid dienone is 2. The molecule has 0 saturated heterocycles. The first-order chi connectivity index (χ1) is 14.0. The molecule has 1 aliphatic carbocycles. The number of esters is 1. The van der Waals surface area contributed by atoms with Crippen LogP contribution in [0.25, 0.3) is 0 Å². The van der Waals surface area contributed by atoms with Gasteiger partial charge >= 0.3 is 5.97 Å². The highest BCUT2D eigenvalue weighted by atomic mass is 19.1. The lowest BCUT2D eigenvalue weighted by atomic mass is 9.69. The van der Waals surface area contributed by atoms with Crippen molar-refractivity contribution in [1.29, 1.82) is 0 Å². The van der Waals surface area contributed by atoms with Crippen molar-refractivity contribution >= 4 is 17.7 Å². The monoisotopic (exact) mass is 397 g/mol. The fraction of sp³-hybridized carbons (Fsp3) is 0.318. The summed E-state index contributed by atoms with van der Waals surface area (Å²) in [6.07, 6.45) is 1.80. The number of ether oxygens (including phenoxy) is 1. The SMILES string of the molecule is CCOC(=O)[C@H]1C(=O)C2=C(C[C@@H]1c1ccco1)NC(=O)C[C@H]2c1ccc(F)cc1. The Labute approximate surface area is 166 Å². The van der Waals surface area contributed by atoms with Crippen molar-refractivity contribution in [3.8, 4) is 0 Å². The van der Waals surface area contributed by atoms with Gasteiger partial charge in [-0.25, -0.2) is 4.39 Å². The minimum atomic E-state index is -1.06. The van der Waals surface area contributed by atoms with Crippen molar-refractivity contribution in [3.63, 3.8) is 0 Å². The van der Waals surface area contributed by atoms with Crippen LogP contribution in [0.3, 0.4) is 0 Å². The van der Waals surface area contributed by atoms with Crippen LogP contribution in [0.1, 0.15) is 42.9 Å². The highest BCUT2D eigenvalue weighted by molar-refractivity contribution is 6.12.